The second-order valence-corrected chi connectivity index (χ2v) is 8.97. The van der Waals surface area contributed by atoms with E-state index >= 15 is 0 Å². The molecule has 29 heavy (non-hydrogen) atoms. The monoisotopic (exact) mass is 418 g/mol. The largest absolute Gasteiger partial charge is 0.744 e. The van der Waals surface area contributed by atoms with E-state index in [1.165, 1.54) is 17.8 Å². The van der Waals surface area contributed by atoms with Gasteiger partial charge in [-0.3, -0.25) is 10.1 Å². The summed E-state index contributed by atoms with van der Waals surface area (Å²) in [5.74, 6) is 0. The summed E-state index contributed by atoms with van der Waals surface area (Å²) in [4.78, 5) is 10.4. The maximum Gasteiger partial charge on any atom is 0.270 e. The molecular formula is C21H26N2O5S. The summed E-state index contributed by atoms with van der Waals surface area (Å²) in [5.41, 5.74) is 4.41. The van der Waals surface area contributed by atoms with Crippen LogP contribution in [0, 0.1) is 17.0 Å². The predicted octanol–water partition coefficient (Wildman–Crippen LogP) is 4.30. The van der Waals surface area contributed by atoms with Crippen LogP contribution >= 0.6 is 0 Å². The van der Waals surface area contributed by atoms with E-state index in [2.05, 4.69) is 32.3 Å². The molecule has 0 radical (unpaired) electrons. The lowest BCUT2D eigenvalue weighted by Gasteiger charge is -2.14. The van der Waals surface area contributed by atoms with Crippen LogP contribution in [0.1, 0.15) is 45.2 Å². The molecular weight excluding hydrogens is 392 g/mol. The van der Waals surface area contributed by atoms with Gasteiger partial charge in [0.15, 0.2) is 5.71 Å². The lowest BCUT2D eigenvalue weighted by molar-refractivity contribution is -0.439. The van der Waals surface area contributed by atoms with E-state index in [-0.39, 0.29) is 20.9 Å². The number of non-ortho nitro benzene ring substituents is 1. The van der Waals surface area contributed by atoms with Gasteiger partial charge in [-0.25, -0.2) is 8.42 Å². The Morgan fingerprint density at radius 2 is 1.66 bits per heavy atom. The lowest BCUT2D eigenvalue weighted by atomic mass is 9.82. The summed E-state index contributed by atoms with van der Waals surface area (Å²) in [6.45, 7) is 11.3. The summed E-state index contributed by atoms with van der Waals surface area (Å²) >= 11 is 0. The molecule has 0 fully saturated rings. The average Bonchev–Trinajstić information content (AvgIpc) is 2.83. The number of nitro groups is 1. The molecule has 0 amide bonds. The third kappa shape index (κ3) is 4.89. The highest BCUT2D eigenvalue weighted by Gasteiger charge is 2.43. The summed E-state index contributed by atoms with van der Waals surface area (Å²) in [5, 5.41) is 10.9. The van der Waals surface area contributed by atoms with Gasteiger partial charge in [0.1, 0.15) is 16.7 Å². The molecule has 1 aliphatic heterocycles. The van der Waals surface area contributed by atoms with E-state index in [0.29, 0.717) is 0 Å². The van der Waals surface area contributed by atoms with Crippen LogP contribution in [-0.4, -0.2) is 34.7 Å². The minimum absolute atomic E-state index is 0.128. The highest BCUT2D eigenvalue weighted by atomic mass is 32.2. The van der Waals surface area contributed by atoms with Gasteiger partial charge in [0.25, 0.3) is 5.69 Å². The Labute approximate surface area is 171 Å². The molecule has 0 aliphatic carbocycles. The third-order valence-corrected chi connectivity index (χ3v) is 6.07. The van der Waals surface area contributed by atoms with Gasteiger partial charge >= 0.3 is 0 Å². The number of benzene rings is 2. The molecule has 8 heteroatoms. The predicted molar refractivity (Wildman–Crippen MR) is 111 cm³/mol. The number of rotatable bonds is 4. The van der Waals surface area contributed by atoms with E-state index in [9.17, 15) is 23.1 Å². The van der Waals surface area contributed by atoms with E-state index in [4.69, 9.17) is 0 Å². The van der Waals surface area contributed by atoms with Gasteiger partial charge in [-0.2, -0.15) is 4.58 Å². The fourth-order valence-corrected chi connectivity index (χ4v) is 3.77. The van der Waals surface area contributed by atoms with Gasteiger partial charge in [-0.15, -0.1) is 0 Å². The van der Waals surface area contributed by atoms with E-state index in [0.717, 1.165) is 29.8 Å². The van der Waals surface area contributed by atoms with Gasteiger partial charge < -0.3 is 4.55 Å². The minimum atomic E-state index is -4.27. The highest BCUT2D eigenvalue weighted by molar-refractivity contribution is 7.85. The van der Waals surface area contributed by atoms with E-state index < -0.39 is 10.1 Å². The maximum absolute atomic E-state index is 10.9. The van der Waals surface area contributed by atoms with Crippen LogP contribution in [0.4, 0.5) is 11.4 Å². The Bertz CT molecular complexity index is 1050. The Hall–Kier alpha value is -2.58. The molecule has 0 spiro atoms. The second-order valence-electron chi connectivity index (χ2n) is 7.59. The SMILES string of the molecule is CCC[N+]1=C(C)C(C)(C)c2cc([N+](=O)[O-])ccc21.Cc1ccc(S(=O)(=O)[O-])cc1. The van der Waals surface area contributed by atoms with Crippen molar-refractivity contribution >= 4 is 27.2 Å². The first kappa shape index (κ1) is 22.7. The van der Waals surface area contributed by atoms with E-state index in [1.54, 1.807) is 24.3 Å². The van der Waals surface area contributed by atoms with Crippen molar-refractivity contribution in [3.05, 3.63) is 63.7 Å². The molecule has 1 heterocycles. The van der Waals surface area contributed by atoms with Crippen molar-refractivity contribution in [3.8, 4) is 0 Å². The standard InChI is InChI=1S/C14H19N2O2.C7H8O3S/c1-5-8-15-10(2)14(3,4)12-9-11(16(17)18)6-7-13(12)15;1-6-2-4-7(5-3-6)11(8,9)10/h6-7,9H,5,8H2,1-4H3;2-5H,1H3,(H,8,9,10)/q+1;/p-1. The van der Waals surface area contributed by atoms with Crippen molar-refractivity contribution in [3.63, 3.8) is 0 Å². The summed E-state index contributed by atoms with van der Waals surface area (Å²) in [6, 6.07) is 11.0. The fraction of sp³-hybridized carbons (Fsp3) is 0.381. The van der Waals surface area contributed by atoms with Gasteiger partial charge in [0.05, 0.1) is 15.2 Å². The lowest BCUT2D eigenvalue weighted by Crippen LogP contribution is -2.26. The van der Waals surface area contributed by atoms with Crippen LogP contribution in [0.3, 0.4) is 0 Å². The molecule has 0 saturated carbocycles. The first-order chi connectivity index (χ1) is 13.4. The molecule has 0 unspecified atom stereocenters. The normalized spacial score (nSPS) is 14.8. The Morgan fingerprint density at radius 3 is 2.14 bits per heavy atom. The van der Waals surface area contributed by atoms with Gasteiger partial charge in [-0.1, -0.05) is 24.6 Å². The van der Waals surface area contributed by atoms with Crippen LogP contribution in [0.5, 0.6) is 0 Å². The van der Waals surface area contributed by atoms with E-state index in [1.807, 2.05) is 13.0 Å². The van der Waals surface area contributed by atoms with Crippen molar-refractivity contribution < 1.29 is 22.5 Å². The second kappa shape index (κ2) is 8.42. The number of aryl methyl sites for hydroxylation is 1. The van der Waals surface area contributed by atoms with Crippen molar-refractivity contribution in [1.82, 2.24) is 0 Å². The van der Waals surface area contributed by atoms with Crippen LogP contribution in [-0.2, 0) is 15.5 Å². The summed E-state index contributed by atoms with van der Waals surface area (Å²) < 4.78 is 33.4. The topological polar surface area (TPSA) is 103 Å². The number of hydrogen-bond donors (Lipinski definition) is 0. The molecule has 0 saturated heterocycles. The number of fused-ring (bicyclic) bond motifs is 1. The van der Waals surface area contributed by atoms with Crippen molar-refractivity contribution in [2.24, 2.45) is 0 Å². The highest BCUT2D eigenvalue weighted by Crippen LogP contribution is 2.41. The van der Waals surface area contributed by atoms with Crippen LogP contribution in [0.15, 0.2) is 47.4 Å². The quantitative estimate of drug-likeness (QED) is 0.319. The smallest absolute Gasteiger partial charge is 0.270 e. The average molecular weight is 419 g/mol. The van der Waals surface area contributed by atoms with Crippen molar-refractivity contribution in [1.29, 1.82) is 0 Å². The molecule has 3 rings (SSSR count). The molecule has 0 aromatic heterocycles. The molecule has 2 aromatic rings. The number of nitrogens with zero attached hydrogens (tertiary/aromatic N) is 2. The molecule has 7 nitrogen and oxygen atoms in total. The third-order valence-electron chi connectivity index (χ3n) is 5.22. The summed E-state index contributed by atoms with van der Waals surface area (Å²) in [7, 11) is -4.27. The van der Waals surface area contributed by atoms with Gasteiger partial charge in [0, 0.05) is 37.1 Å². The molecule has 2 aromatic carbocycles. The molecule has 0 bridgehead atoms. The Balaban J connectivity index is 0.000000234. The first-order valence-electron chi connectivity index (χ1n) is 9.32. The Morgan fingerprint density at radius 1 is 1.07 bits per heavy atom. The fourth-order valence-electron chi connectivity index (χ4n) is 3.30. The van der Waals surface area contributed by atoms with Crippen molar-refractivity contribution in [2.75, 3.05) is 6.54 Å². The molecule has 0 atom stereocenters. The zero-order valence-electron chi connectivity index (χ0n) is 17.3. The minimum Gasteiger partial charge on any atom is -0.744 e. The molecule has 0 N–H and O–H groups in total. The zero-order chi connectivity index (χ0) is 22.0. The first-order valence-corrected chi connectivity index (χ1v) is 10.7. The van der Waals surface area contributed by atoms with Crippen LogP contribution in [0.25, 0.3) is 0 Å². The number of hydrogen-bond acceptors (Lipinski definition) is 5. The van der Waals surface area contributed by atoms with Crippen molar-refractivity contribution in [2.45, 2.75) is 51.3 Å². The summed E-state index contributed by atoms with van der Waals surface area (Å²) in [6.07, 6.45) is 1.06. The molecule has 1 aliphatic rings. The maximum atomic E-state index is 10.9. The Kier molecular flexibility index (Phi) is 6.60. The van der Waals surface area contributed by atoms with Crippen LogP contribution < -0.4 is 0 Å². The van der Waals surface area contributed by atoms with Crippen LogP contribution in [0.2, 0.25) is 0 Å². The van der Waals surface area contributed by atoms with Gasteiger partial charge in [0.2, 0.25) is 5.69 Å². The van der Waals surface area contributed by atoms with Gasteiger partial charge in [-0.05, 0) is 32.9 Å². The molecule has 156 valence electrons. The number of nitro benzene ring substituents is 1. The zero-order valence-corrected chi connectivity index (χ0v) is 18.1.